The van der Waals surface area contributed by atoms with Crippen LogP contribution in [0, 0.1) is 17.3 Å². The maximum Gasteiger partial charge on any atom is 0.416 e. The van der Waals surface area contributed by atoms with Crippen molar-refractivity contribution < 1.29 is 22.8 Å². The second kappa shape index (κ2) is 6.38. The van der Waals surface area contributed by atoms with E-state index in [9.17, 15) is 18.0 Å². The lowest BCUT2D eigenvalue weighted by Gasteiger charge is -2.14. The number of hydrogen-bond donors (Lipinski definition) is 0. The Morgan fingerprint density at radius 3 is 2.62 bits per heavy atom. The lowest BCUT2D eigenvalue weighted by atomic mass is 9.85. The fourth-order valence-electron chi connectivity index (χ4n) is 1.45. The van der Waals surface area contributed by atoms with Gasteiger partial charge in [-0.05, 0) is 18.2 Å². The van der Waals surface area contributed by atoms with Gasteiger partial charge in [-0.2, -0.15) is 18.0 Å². The molecule has 0 bridgehead atoms. The van der Waals surface area contributed by atoms with Crippen molar-refractivity contribution >= 4 is 12.0 Å². The summed E-state index contributed by atoms with van der Waals surface area (Å²) in [4.78, 5) is 14.2. The zero-order valence-electron chi connectivity index (χ0n) is 11.5. The Labute approximate surface area is 120 Å². The van der Waals surface area contributed by atoms with Crippen molar-refractivity contribution in [1.82, 2.24) is 0 Å². The number of Topliss-reactive ketones (excluding diaryl/α,β-unsaturated/α-hetero) is 1. The highest BCUT2D eigenvalue weighted by Crippen LogP contribution is 2.29. The third kappa shape index (κ3) is 4.90. The summed E-state index contributed by atoms with van der Waals surface area (Å²) in [7, 11) is 0. The van der Waals surface area contributed by atoms with Crippen molar-refractivity contribution in [2.75, 3.05) is 0 Å². The van der Waals surface area contributed by atoms with Crippen molar-refractivity contribution in [3.8, 4) is 11.8 Å². The molecule has 110 valence electrons. The molecule has 0 aliphatic carbocycles. The van der Waals surface area contributed by atoms with E-state index in [0.29, 0.717) is 0 Å². The number of alkyl halides is 3. The van der Waals surface area contributed by atoms with Gasteiger partial charge in [0.25, 0.3) is 0 Å². The Kier molecular flexibility index (Phi) is 5.07. The molecule has 0 radical (unpaired) electrons. The standard InChI is InChI=1S/C15H13F3N2O/c1-14(2,13(21)10-20-19)8-4-6-11-5-3-7-12(9-11)15(16,17)18/h3,5,7,9-10H,8H2,1-2H3. The maximum absolute atomic E-state index is 12.5. The van der Waals surface area contributed by atoms with Crippen molar-refractivity contribution in [3.63, 3.8) is 0 Å². The predicted molar refractivity (Wildman–Crippen MR) is 71.4 cm³/mol. The number of hydrogen-bond acceptors (Lipinski definition) is 1. The van der Waals surface area contributed by atoms with Crippen LogP contribution in [0.5, 0.6) is 0 Å². The average molecular weight is 294 g/mol. The summed E-state index contributed by atoms with van der Waals surface area (Å²) in [6.07, 6.45) is -3.50. The van der Waals surface area contributed by atoms with Gasteiger partial charge in [0.1, 0.15) is 0 Å². The van der Waals surface area contributed by atoms with Gasteiger partial charge in [0.2, 0.25) is 5.78 Å². The highest BCUT2D eigenvalue weighted by atomic mass is 19.4. The van der Waals surface area contributed by atoms with Gasteiger partial charge in [-0.25, -0.2) is 0 Å². The van der Waals surface area contributed by atoms with Crippen LogP contribution < -0.4 is 0 Å². The fourth-order valence-corrected chi connectivity index (χ4v) is 1.45. The van der Waals surface area contributed by atoms with Crippen molar-refractivity contribution in [2.24, 2.45) is 5.41 Å². The van der Waals surface area contributed by atoms with Gasteiger partial charge in [0.15, 0.2) is 0 Å². The minimum absolute atomic E-state index is 0.133. The van der Waals surface area contributed by atoms with E-state index in [1.165, 1.54) is 12.1 Å². The summed E-state index contributed by atoms with van der Waals surface area (Å²) in [6, 6.07) is 4.67. The molecule has 6 heteroatoms. The monoisotopic (exact) mass is 294 g/mol. The van der Waals surface area contributed by atoms with Gasteiger partial charge in [-0.3, -0.25) is 4.79 Å². The lowest BCUT2D eigenvalue weighted by Crippen LogP contribution is -2.24. The molecule has 0 fully saturated rings. The highest BCUT2D eigenvalue weighted by Gasteiger charge is 2.30. The van der Waals surface area contributed by atoms with Crippen LogP contribution >= 0.6 is 0 Å². The molecule has 0 aliphatic rings. The van der Waals surface area contributed by atoms with Crippen LogP contribution in [0.25, 0.3) is 5.53 Å². The first-order chi connectivity index (χ1) is 9.66. The molecule has 0 saturated heterocycles. The molecule has 0 amide bonds. The first-order valence-corrected chi connectivity index (χ1v) is 6.05. The number of carbonyl (C=O) groups excluding carboxylic acids is 1. The predicted octanol–water partition coefficient (Wildman–Crippen LogP) is 3.34. The second-order valence-electron chi connectivity index (χ2n) is 5.05. The lowest BCUT2D eigenvalue weighted by molar-refractivity contribution is -0.137. The average Bonchev–Trinajstić information content (AvgIpc) is 2.38. The number of rotatable bonds is 3. The molecule has 0 aliphatic heterocycles. The largest absolute Gasteiger partial charge is 0.416 e. The molecule has 0 N–H and O–H groups in total. The molecule has 0 aromatic heterocycles. The molecule has 0 spiro atoms. The van der Waals surface area contributed by atoms with Gasteiger partial charge in [0, 0.05) is 17.4 Å². The van der Waals surface area contributed by atoms with E-state index in [1.807, 2.05) is 0 Å². The van der Waals surface area contributed by atoms with Gasteiger partial charge in [0.05, 0.1) is 5.56 Å². The molecule has 21 heavy (non-hydrogen) atoms. The van der Waals surface area contributed by atoms with Crippen LogP contribution in [0.4, 0.5) is 13.2 Å². The Morgan fingerprint density at radius 1 is 1.38 bits per heavy atom. The SMILES string of the molecule is CC(C)(CC#Cc1cccc(C(F)(F)F)c1)C(=O)C=[N+]=[N-]. The van der Waals surface area contributed by atoms with Gasteiger partial charge < -0.3 is 5.53 Å². The second-order valence-corrected chi connectivity index (χ2v) is 5.05. The summed E-state index contributed by atoms with van der Waals surface area (Å²) >= 11 is 0. The quantitative estimate of drug-likeness (QED) is 0.365. The zero-order valence-corrected chi connectivity index (χ0v) is 11.5. The molecule has 0 atom stereocenters. The zero-order chi connectivity index (χ0) is 16.1. The van der Waals surface area contributed by atoms with E-state index in [4.69, 9.17) is 5.53 Å². The number of ketones is 1. The third-order valence-corrected chi connectivity index (χ3v) is 2.79. The Hall–Kier alpha value is -2.38. The van der Waals surface area contributed by atoms with Crippen LogP contribution in [0.1, 0.15) is 31.4 Å². The molecule has 0 heterocycles. The van der Waals surface area contributed by atoms with Crippen LogP contribution in [0.2, 0.25) is 0 Å². The molecule has 1 rings (SSSR count). The number of benzene rings is 1. The summed E-state index contributed by atoms with van der Waals surface area (Å²) < 4.78 is 37.6. The van der Waals surface area contributed by atoms with E-state index in [-0.39, 0.29) is 12.0 Å². The number of carbonyl (C=O) groups is 1. The molecule has 1 aromatic rings. The molecule has 1 aromatic carbocycles. The van der Waals surface area contributed by atoms with E-state index in [1.54, 1.807) is 13.8 Å². The van der Waals surface area contributed by atoms with Crippen LogP contribution in [-0.4, -0.2) is 16.8 Å². The van der Waals surface area contributed by atoms with E-state index >= 15 is 0 Å². The van der Waals surface area contributed by atoms with Crippen LogP contribution in [0.15, 0.2) is 24.3 Å². The summed E-state index contributed by atoms with van der Waals surface area (Å²) in [5, 5.41) is 0. The first kappa shape index (κ1) is 16.7. The molecule has 0 unspecified atom stereocenters. The first-order valence-electron chi connectivity index (χ1n) is 6.05. The fraction of sp³-hybridized carbons (Fsp3) is 0.333. The van der Waals surface area contributed by atoms with E-state index < -0.39 is 22.9 Å². The van der Waals surface area contributed by atoms with Crippen LogP contribution in [-0.2, 0) is 11.0 Å². The summed E-state index contributed by atoms with van der Waals surface area (Å²) in [5.74, 6) is 4.87. The van der Waals surface area contributed by atoms with Gasteiger partial charge >= 0.3 is 12.4 Å². The minimum atomic E-state index is -4.41. The highest BCUT2D eigenvalue weighted by molar-refractivity contribution is 6.27. The van der Waals surface area contributed by atoms with Crippen molar-refractivity contribution in [1.29, 1.82) is 0 Å². The third-order valence-electron chi connectivity index (χ3n) is 2.79. The van der Waals surface area contributed by atoms with E-state index in [0.717, 1.165) is 18.3 Å². The number of nitrogens with zero attached hydrogens (tertiary/aromatic N) is 2. The molecule has 3 nitrogen and oxygen atoms in total. The Balaban J connectivity index is 2.89. The summed E-state index contributed by atoms with van der Waals surface area (Å²) in [5.41, 5.74) is 6.90. The Morgan fingerprint density at radius 2 is 2.05 bits per heavy atom. The minimum Gasteiger partial charge on any atom is -0.361 e. The normalized spacial score (nSPS) is 11.1. The maximum atomic E-state index is 12.5. The topological polar surface area (TPSA) is 53.5 Å². The molecular formula is C15H13F3N2O. The Bertz CT molecular complexity index is 645. The van der Waals surface area contributed by atoms with Gasteiger partial charge in [-0.15, -0.1) is 0 Å². The summed E-state index contributed by atoms with van der Waals surface area (Å²) in [6.45, 7) is 3.22. The van der Waals surface area contributed by atoms with E-state index in [2.05, 4.69) is 16.6 Å². The molecular weight excluding hydrogens is 281 g/mol. The van der Waals surface area contributed by atoms with Crippen molar-refractivity contribution in [2.45, 2.75) is 26.4 Å². The van der Waals surface area contributed by atoms with Gasteiger partial charge in [-0.1, -0.05) is 31.8 Å². The smallest absolute Gasteiger partial charge is 0.361 e. The molecule has 0 saturated carbocycles. The van der Waals surface area contributed by atoms with Crippen LogP contribution in [0.3, 0.4) is 0 Å². The van der Waals surface area contributed by atoms with Crippen molar-refractivity contribution in [3.05, 3.63) is 40.9 Å². The number of halogens is 3.